The van der Waals surface area contributed by atoms with Gasteiger partial charge in [0.2, 0.25) is 0 Å². The number of aryl methyl sites for hydroxylation is 2. The molecule has 0 aliphatic rings. The van der Waals surface area contributed by atoms with Crippen LogP contribution in [0.1, 0.15) is 37.4 Å². The molecular weight excluding hydrogens is 1730 g/mol. The Balaban J connectivity index is 0.000000117. The number of aromatic nitrogens is 5. The molecule has 10 heteroatoms. The summed E-state index contributed by atoms with van der Waals surface area (Å²) in [6.45, 7) is 8.99. The number of fused-ring (bicyclic) bond motifs is 19. The first-order chi connectivity index (χ1) is 65.2. The van der Waals surface area contributed by atoms with Crippen LogP contribution in [0.4, 0.5) is 0 Å². The second-order valence-corrected chi connectivity index (χ2v) is 34.9. The second-order valence-electron chi connectivity index (χ2n) is 34.4. The summed E-state index contributed by atoms with van der Waals surface area (Å²) in [5, 5.41) is 23.3. The molecule has 0 saturated heterocycles. The van der Waals surface area contributed by atoms with E-state index in [1.165, 1.54) is 231 Å². The number of rotatable bonds is 10. The van der Waals surface area contributed by atoms with Crippen molar-refractivity contribution in [3.8, 4) is 67.3 Å². The quantitative estimate of drug-likeness (QED) is 0.0741. The van der Waals surface area contributed by atoms with Gasteiger partial charge in [0, 0.05) is 112 Å². The first kappa shape index (κ1) is 90.9. The van der Waals surface area contributed by atoms with Crippen molar-refractivity contribution in [2.45, 2.75) is 40.2 Å². The van der Waals surface area contributed by atoms with Crippen LogP contribution in [0.25, 0.3) is 219 Å². The average molecular weight is 1830 g/mol. The van der Waals surface area contributed by atoms with Crippen LogP contribution >= 0.6 is 19.1 Å². The fourth-order valence-electron chi connectivity index (χ4n) is 20.6. The molecule has 2 atom stereocenters. The predicted molar refractivity (Wildman–Crippen MR) is 582 cm³/mol. The van der Waals surface area contributed by atoms with Gasteiger partial charge in [-0.1, -0.05) is 353 Å². The Morgan fingerprint density at radius 1 is 0.237 bits per heavy atom. The van der Waals surface area contributed by atoms with E-state index in [0.29, 0.717) is 12.1 Å². The Morgan fingerprint density at radius 3 is 0.689 bits per heavy atom. The molecule has 0 saturated carbocycles. The zero-order chi connectivity index (χ0) is 88.9. The molecular formula is C125H97BKN5P2V. The van der Waals surface area contributed by atoms with Crippen LogP contribution in [-0.2, 0) is 18.6 Å². The van der Waals surface area contributed by atoms with E-state index in [2.05, 4.69) is 521 Å². The molecule has 0 bridgehead atoms. The maximum atomic E-state index is 4.81. The third kappa shape index (κ3) is 16.8. The summed E-state index contributed by atoms with van der Waals surface area (Å²) in [6, 6.07) is 168. The van der Waals surface area contributed by atoms with Crippen molar-refractivity contribution in [1.29, 1.82) is 0 Å². The largest absolute Gasteiger partial charge is 1.00 e. The molecule has 0 N–H and O–H groups in total. The summed E-state index contributed by atoms with van der Waals surface area (Å²) >= 11 is 0. The van der Waals surface area contributed by atoms with Crippen molar-refractivity contribution >= 4 is 179 Å². The molecule has 0 amide bonds. The summed E-state index contributed by atoms with van der Waals surface area (Å²) < 4.78 is 12.0. The van der Waals surface area contributed by atoms with E-state index >= 15 is 0 Å². The van der Waals surface area contributed by atoms with Crippen molar-refractivity contribution in [1.82, 2.24) is 22.8 Å². The van der Waals surface area contributed by atoms with E-state index in [-0.39, 0.29) is 79.8 Å². The smallest absolute Gasteiger partial charge is 0.577 e. The topological polar surface area (TPSA) is 24.6 Å². The Labute approximate surface area is 848 Å². The molecule has 5 aromatic heterocycles. The molecule has 3 radical (unpaired) electrons. The Hall–Kier alpha value is -13.2. The van der Waals surface area contributed by atoms with Crippen LogP contribution < -0.4 is 51.4 Å². The van der Waals surface area contributed by atoms with Crippen molar-refractivity contribution in [3.05, 3.63) is 472 Å². The maximum Gasteiger partial charge on any atom is 1.00 e. The number of hydrogen-bond donors (Lipinski definition) is 0. The Bertz CT molecular complexity index is 8130. The number of benzene rings is 21. The van der Waals surface area contributed by atoms with Gasteiger partial charge in [-0.2, -0.15) is 0 Å². The van der Waals surface area contributed by atoms with E-state index in [9.17, 15) is 0 Å². The molecule has 0 spiro atoms. The molecule has 0 aliphatic heterocycles. The minimum atomic E-state index is 0. The van der Waals surface area contributed by atoms with Crippen LogP contribution in [0.3, 0.4) is 0 Å². The molecule has 135 heavy (non-hydrogen) atoms. The zero-order valence-corrected chi connectivity index (χ0v) is 83.1. The van der Waals surface area contributed by atoms with E-state index in [1.54, 1.807) is 0 Å². The van der Waals surface area contributed by atoms with Crippen LogP contribution in [0, 0.1) is 13.8 Å². The number of nitrogens with zero attached hydrogens (tertiary/aromatic N) is 5. The monoisotopic (exact) mass is 1830 g/mol. The standard InChI is InChI=1S/C38H28N2.C36H24N2.C34H22.C16H17N.CH4BP.K.H2P.V/c1-25-23-27(39-35-15-7-3-11-31(35)32-12-4-8-16-36(32)39)19-21-29(25)30-22-20-28(24-26(30)2)40-37-17-9-5-13-33(37)34-14-6-10-18-38(34)40;1-5-13-33-29(9-1)30-10-2-6-14-34(30)37(33)27-21-17-25(18-22-27)26-19-23-28(24-20-26)38-35-15-7-3-11-31(35)32-12-4-8-16-36(32)38;1-3-11-25-21-27(19-17-23(25)9-1)33-29-13-5-7-15-31(29)34(32-16-8-6-14-30(32)33)28-20-18-24-10-2-4-12-26(24)22-28;1-3-12(2)17-15-10-6-4-8-13(15)14-9-5-7-11-16(14)17;2-1-3;;;/h3-24H,1-2H3;1-24H;1-22H;4-12H,3H2,1-2H3;1,3H2;;1H2;/q;;;;;+1;-1;. The number of para-hydroxylation sites is 10. The van der Waals surface area contributed by atoms with Gasteiger partial charge in [-0.05, 0) is 247 Å². The van der Waals surface area contributed by atoms with Gasteiger partial charge in [0.1, 0.15) is 0 Å². The molecule has 641 valence electrons. The van der Waals surface area contributed by atoms with Gasteiger partial charge in [0.25, 0.3) is 0 Å². The average Bonchev–Trinajstić information content (AvgIpc) is 1.61. The fraction of sp³-hybridized carbons (Fsp3) is 0.0560. The summed E-state index contributed by atoms with van der Waals surface area (Å²) in [5.41, 5.74) is 30.0. The van der Waals surface area contributed by atoms with Gasteiger partial charge in [-0.3, -0.25) is 0 Å². The maximum absolute atomic E-state index is 4.81. The summed E-state index contributed by atoms with van der Waals surface area (Å²) in [7, 11) is 7.17. The van der Waals surface area contributed by atoms with Crippen molar-refractivity contribution in [2.75, 3.05) is 6.06 Å². The van der Waals surface area contributed by atoms with Gasteiger partial charge < -0.3 is 32.7 Å². The minimum absolute atomic E-state index is 0. The molecule has 21 aromatic carbocycles. The second kappa shape index (κ2) is 39.8. The Kier molecular flexibility index (Phi) is 26.8. The van der Waals surface area contributed by atoms with Crippen LogP contribution in [0.5, 0.6) is 0 Å². The molecule has 0 aliphatic carbocycles. The molecule has 0 fully saturated rings. The van der Waals surface area contributed by atoms with Gasteiger partial charge in [-0.15, -0.1) is 9.24 Å². The van der Waals surface area contributed by atoms with Gasteiger partial charge in [0.15, 0.2) is 0 Å². The zero-order valence-electron chi connectivity index (χ0n) is 76.3. The first-order valence-corrected chi connectivity index (χ1v) is 46.6. The van der Waals surface area contributed by atoms with Crippen molar-refractivity contribution < 1.29 is 69.9 Å². The molecule has 2 unspecified atom stereocenters. The van der Waals surface area contributed by atoms with Crippen molar-refractivity contribution in [2.24, 2.45) is 0 Å². The third-order valence-electron chi connectivity index (χ3n) is 26.8. The fourth-order valence-corrected chi connectivity index (χ4v) is 20.6. The predicted octanol–water partition coefficient (Wildman–Crippen LogP) is 31.4. The summed E-state index contributed by atoms with van der Waals surface area (Å²) in [4.78, 5) is 0. The van der Waals surface area contributed by atoms with Crippen LogP contribution in [0.2, 0.25) is 0 Å². The van der Waals surface area contributed by atoms with Gasteiger partial charge in [0.05, 0.1) is 52.0 Å². The molecule has 5 heterocycles. The SMILES string of the molecule is CCC(C)n1c2ccccc2c2ccccc21.Cc1cc(-n2c3ccccc3c3ccccc32)ccc1-c1ccc(-n2c3ccccc3c3ccccc32)cc1C.[B]CP.[K+].[PH2-].[V].c1ccc2c(c1)c1ccccc1n2-c1ccc(-c2ccc(-n3c4ccccc4c4ccccc43)cc2)cc1.c1ccc2cc(-c3c4ccccc4c(-c4ccc5ccccc5c4)c4ccccc34)ccc2c1. The van der Waals surface area contributed by atoms with E-state index in [1.807, 2.05) is 0 Å². The van der Waals surface area contributed by atoms with Crippen molar-refractivity contribution in [3.63, 3.8) is 0 Å². The summed E-state index contributed by atoms with van der Waals surface area (Å²) in [5.74, 6) is 0. The van der Waals surface area contributed by atoms with Crippen LogP contribution in [-0.4, -0.2) is 36.7 Å². The van der Waals surface area contributed by atoms with E-state index < -0.39 is 0 Å². The third-order valence-corrected chi connectivity index (χ3v) is 26.8. The molecule has 26 aromatic rings. The minimum Gasteiger partial charge on any atom is -0.577 e. The van der Waals surface area contributed by atoms with E-state index in [4.69, 9.17) is 7.85 Å². The molecule has 5 nitrogen and oxygen atoms in total. The van der Waals surface area contributed by atoms with Crippen LogP contribution in [0.15, 0.2) is 461 Å². The Morgan fingerprint density at radius 2 is 0.437 bits per heavy atom. The summed E-state index contributed by atoms with van der Waals surface area (Å²) in [6.07, 6.45) is 1.16. The first-order valence-electron chi connectivity index (χ1n) is 45.8. The van der Waals surface area contributed by atoms with Gasteiger partial charge >= 0.3 is 51.4 Å². The normalized spacial score (nSPS) is 11.5. The van der Waals surface area contributed by atoms with E-state index in [0.717, 1.165) is 6.42 Å². The number of hydrogen-bond acceptors (Lipinski definition) is 0. The van der Waals surface area contributed by atoms with Gasteiger partial charge in [-0.25, -0.2) is 0 Å². The molecule has 26 rings (SSSR count).